The van der Waals surface area contributed by atoms with Crippen molar-refractivity contribution in [3.05, 3.63) is 57.7 Å². The monoisotopic (exact) mass is 319 g/mol. The van der Waals surface area contributed by atoms with Crippen LogP contribution in [-0.2, 0) is 17.8 Å². The standard InChI is InChI=1S/C16H18ClN3O2/c1-2-3-6-12-9-16(22)20(11-18-12)10-15(21)19-14-8-5-4-7-13(14)17/h4-5,7-9,11H,2-3,6,10H2,1H3,(H,19,21). The Morgan fingerprint density at radius 3 is 2.82 bits per heavy atom. The van der Waals surface area contributed by atoms with E-state index in [0.29, 0.717) is 10.7 Å². The zero-order chi connectivity index (χ0) is 15.9. The Hall–Kier alpha value is -2.14. The molecule has 0 aliphatic heterocycles. The van der Waals surface area contributed by atoms with Crippen molar-refractivity contribution in [1.82, 2.24) is 9.55 Å². The minimum Gasteiger partial charge on any atom is -0.323 e. The first-order valence-corrected chi connectivity index (χ1v) is 7.57. The summed E-state index contributed by atoms with van der Waals surface area (Å²) in [5.41, 5.74) is 1.06. The molecule has 1 heterocycles. The molecule has 1 N–H and O–H groups in total. The molecular formula is C16H18ClN3O2. The first-order chi connectivity index (χ1) is 10.6. The first-order valence-electron chi connectivity index (χ1n) is 7.20. The summed E-state index contributed by atoms with van der Waals surface area (Å²) in [7, 11) is 0. The van der Waals surface area contributed by atoms with Crippen LogP contribution in [0, 0.1) is 0 Å². The fraction of sp³-hybridized carbons (Fsp3) is 0.312. The predicted octanol–water partition coefficient (Wildman–Crippen LogP) is 2.88. The Labute approximate surface area is 134 Å². The van der Waals surface area contributed by atoms with E-state index in [2.05, 4.69) is 17.2 Å². The van der Waals surface area contributed by atoms with Crippen LogP contribution < -0.4 is 10.9 Å². The molecule has 0 atom stereocenters. The lowest BCUT2D eigenvalue weighted by atomic mass is 10.2. The summed E-state index contributed by atoms with van der Waals surface area (Å²) in [4.78, 5) is 28.2. The van der Waals surface area contributed by atoms with Crippen LogP contribution in [-0.4, -0.2) is 15.5 Å². The Kier molecular flexibility index (Phi) is 5.72. The molecule has 5 nitrogen and oxygen atoms in total. The highest BCUT2D eigenvalue weighted by molar-refractivity contribution is 6.33. The summed E-state index contributed by atoms with van der Waals surface area (Å²) in [5.74, 6) is -0.321. The topological polar surface area (TPSA) is 64.0 Å². The van der Waals surface area contributed by atoms with Crippen molar-refractivity contribution in [3.63, 3.8) is 0 Å². The number of rotatable bonds is 6. The molecule has 0 aliphatic rings. The molecule has 0 saturated heterocycles. The number of aromatic nitrogens is 2. The maximum absolute atomic E-state index is 12.0. The second-order valence-corrected chi connectivity index (χ2v) is 5.39. The number of unbranched alkanes of at least 4 members (excludes halogenated alkanes) is 1. The summed E-state index contributed by atoms with van der Waals surface area (Å²) < 4.78 is 1.28. The van der Waals surface area contributed by atoms with Crippen LogP contribution in [0.3, 0.4) is 0 Å². The fourth-order valence-corrected chi connectivity index (χ4v) is 2.17. The van der Waals surface area contributed by atoms with Crippen molar-refractivity contribution < 1.29 is 4.79 Å². The van der Waals surface area contributed by atoms with Gasteiger partial charge in [-0.15, -0.1) is 0 Å². The Bertz CT molecular complexity index is 713. The number of para-hydroxylation sites is 1. The summed E-state index contributed by atoms with van der Waals surface area (Å²) in [5, 5.41) is 3.13. The minimum atomic E-state index is -0.321. The van der Waals surface area contributed by atoms with Gasteiger partial charge in [0.2, 0.25) is 5.91 Å². The number of benzene rings is 1. The van der Waals surface area contributed by atoms with Crippen molar-refractivity contribution in [3.8, 4) is 0 Å². The fourth-order valence-electron chi connectivity index (χ4n) is 1.98. The van der Waals surface area contributed by atoms with Crippen molar-refractivity contribution in [1.29, 1.82) is 0 Å². The number of hydrogen-bond acceptors (Lipinski definition) is 3. The highest BCUT2D eigenvalue weighted by Gasteiger charge is 2.08. The molecule has 1 aromatic heterocycles. The maximum Gasteiger partial charge on any atom is 0.253 e. The van der Waals surface area contributed by atoms with Gasteiger partial charge >= 0.3 is 0 Å². The third kappa shape index (κ3) is 4.43. The highest BCUT2D eigenvalue weighted by Crippen LogP contribution is 2.20. The smallest absolute Gasteiger partial charge is 0.253 e. The van der Waals surface area contributed by atoms with Crippen LogP contribution in [0.5, 0.6) is 0 Å². The minimum absolute atomic E-state index is 0.0921. The number of hydrogen-bond donors (Lipinski definition) is 1. The van der Waals surface area contributed by atoms with Gasteiger partial charge in [-0.1, -0.05) is 37.1 Å². The van der Waals surface area contributed by atoms with E-state index < -0.39 is 0 Å². The van der Waals surface area contributed by atoms with Gasteiger partial charge in [-0.05, 0) is 25.0 Å². The average molecular weight is 320 g/mol. The normalized spacial score (nSPS) is 10.5. The molecular weight excluding hydrogens is 302 g/mol. The number of carbonyl (C=O) groups is 1. The van der Waals surface area contributed by atoms with Crippen molar-refractivity contribution in [2.75, 3.05) is 5.32 Å². The summed E-state index contributed by atoms with van der Waals surface area (Å²) in [6.07, 6.45) is 4.23. The number of aryl methyl sites for hydroxylation is 1. The van der Waals surface area contributed by atoms with Gasteiger partial charge in [-0.2, -0.15) is 0 Å². The molecule has 22 heavy (non-hydrogen) atoms. The molecule has 1 aromatic carbocycles. The van der Waals surface area contributed by atoms with E-state index in [1.807, 2.05) is 0 Å². The van der Waals surface area contributed by atoms with E-state index >= 15 is 0 Å². The van der Waals surface area contributed by atoms with Crippen LogP contribution in [0.4, 0.5) is 5.69 Å². The van der Waals surface area contributed by atoms with Crippen molar-refractivity contribution in [2.45, 2.75) is 32.7 Å². The largest absolute Gasteiger partial charge is 0.323 e. The third-order valence-corrected chi connectivity index (χ3v) is 3.51. The van der Waals surface area contributed by atoms with Crippen LogP contribution in [0.15, 0.2) is 41.5 Å². The molecule has 0 fully saturated rings. The van der Waals surface area contributed by atoms with Gasteiger partial charge in [0, 0.05) is 11.8 Å². The Morgan fingerprint density at radius 2 is 2.14 bits per heavy atom. The lowest BCUT2D eigenvalue weighted by molar-refractivity contribution is -0.116. The molecule has 116 valence electrons. The number of halogens is 1. The van der Waals surface area contributed by atoms with E-state index in [1.54, 1.807) is 24.3 Å². The van der Waals surface area contributed by atoms with Gasteiger partial charge in [0.1, 0.15) is 6.54 Å². The van der Waals surface area contributed by atoms with Crippen LogP contribution in [0.1, 0.15) is 25.5 Å². The molecule has 0 spiro atoms. The van der Waals surface area contributed by atoms with E-state index in [9.17, 15) is 9.59 Å². The molecule has 2 aromatic rings. The first kappa shape index (κ1) is 16.2. The van der Waals surface area contributed by atoms with Gasteiger partial charge in [0.05, 0.1) is 17.0 Å². The molecule has 0 bridgehead atoms. The molecule has 0 radical (unpaired) electrons. The number of anilines is 1. The number of carbonyl (C=O) groups excluding carboxylic acids is 1. The average Bonchev–Trinajstić information content (AvgIpc) is 2.50. The second kappa shape index (κ2) is 7.75. The molecule has 0 aliphatic carbocycles. The van der Waals surface area contributed by atoms with Crippen molar-refractivity contribution in [2.24, 2.45) is 0 Å². The van der Waals surface area contributed by atoms with Crippen LogP contribution in [0.2, 0.25) is 5.02 Å². The lowest BCUT2D eigenvalue weighted by Gasteiger charge is -2.09. The molecule has 6 heteroatoms. The van der Waals surface area contributed by atoms with Gasteiger partial charge in [0.25, 0.3) is 5.56 Å². The lowest BCUT2D eigenvalue weighted by Crippen LogP contribution is -2.28. The van der Waals surface area contributed by atoms with Gasteiger partial charge in [0.15, 0.2) is 0 Å². The van der Waals surface area contributed by atoms with Crippen LogP contribution in [0.25, 0.3) is 0 Å². The quantitative estimate of drug-likeness (QED) is 0.890. The number of nitrogens with zero attached hydrogens (tertiary/aromatic N) is 2. The highest BCUT2D eigenvalue weighted by atomic mass is 35.5. The molecule has 1 amide bonds. The molecule has 0 unspecified atom stereocenters. The second-order valence-electron chi connectivity index (χ2n) is 4.98. The van der Waals surface area contributed by atoms with Gasteiger partial charge < -0.3 is 5.32 Å². The van der Waals surface area contributed by atoms with E-state index in [-0.39, 0.29) is 18.0 Å². The molecule has 2 rings (SSSR count). The summed E-state index contributed by atoms with van der Waals surface area (Å²) >= 11 is 5.98. The predicted molar refractivity (Wildman–Crippen MR) is 87.2 cm³/mol. The summed E-state index contributed by atoms with van der Waals surface area (Å²) in [6, 6.07) is 8.43. The van der Waals surface area contributed by atoms with Crippen molar-refractivity contribution >= 4 is 23.2 Å². The maximum atomic E-state index is 12.0. The molecule has 0 saturated carbocycles. The number of nitrogens with one attached hydrogen (secondary N) is 1. The van der Waals surface area contributed by atoms with Gasteiger partial charge in [-0.3, -0.25) is 14.2 Å². The Balaban J connectivity index is 2.03. The van der Waals surface area contributed by atoms with E-state index in [0.717, 1.165) is 25.0 Å². The third-order valence-electron chi connectivity index (χ3n) is 3.18. The summed E-state index contributed by atoms with van der Waals surface area (Å²) in [6.45, 7) is 1.99. The SMILES string of the molecule is CCCCc1cc(=O)n(CC(=O)Nc2ccccc2Cl)cn1. The number of amides is 1. The van der Waals surface area contributed by atoms with E-state index in [1.165, 1.54) is 17.0 Å². The van der Waals surface area contributed by atoms with E-state index in [4.69, 9.17) is 11.6 Å². The zero-order valence-corrected chi connectivity index (χ0v) is 13.1. The van der Waals surface area contributed by atoms with Gasteiger partial charge in [-0.25, -0.2) is 4.98 Å². The Morgan fingerprint density at radius 1 is 1.36 bits per heavy atom. The van der Waals surface area contributed by atoms with Crippen LogP contribution >= 0.6 is 11.6 Å². The zero-order valence-electron chi connectivity index (χ0n) is 12.4.